The fraction of sp³-hybridized carbons (Fsp3) is 0.250. The van der Waals surface area contributed by atoms with Crippen molar-refractivity contribution in [3.63, 3.8) is 0 Å². The Labute approximate surface area is 192 Å². The fourth-order valence-corrected chi connectivity index (χ4v) is 6.67. The summed E-state index contributed by atoms with van der Waals surface area (Å²) in [5.74, 6) is 0.784. The third-order valence-electron chi connectivity index (χ3n) is 5.66. The van der Waals surface area contributed by atoms with E-state index in [0.717, 1.165) is 50.5 Å². The Bertz CT molecular complexity index is 1290. The number of benzene rings is 2. The number of aryl methyl sites for hydroxylation is 3. The van der Waals surface area contributed by atoms with E-state index in [1.54, 1.807) is 27.7 Å². The van der Waals surface area contributed by atoms with E-state index in [4.69, 9.17) is 4.98 Å². The molecule has 152 valence electrons. The average molecular weight is 497 g/mol. The lowest BCUT2D eigenvalue weighted by atomic mass is 9.97. The molecule has 1 aliphatic carbocycles. The molecule has 0 radical (unpaired) electrons. The van der Waals surface area contributed by atoms with Crippen LogP contribution in [-0.2, 0) is 18.6 Å². The molecule has 1 aliphatic rings. The second-order valence-electron chi connectivity index (χ2n) is 7.62. The largest absolute Gasteiger partial charge is 0.268 e. The second-order valence-corrected chi connectivity index (χ2v) is 10.6. The summed E-state index contributed by atoms with van der Waals surface area (Å²) >= 11 is 6.85. The number of fused-ring (bicyclic) bond motifs is 3. The van der Waals surface area contributed by atoms with Crippen molar-refractivity contribution in [2.75, 3.05) is 0 Å². The number of hydrogen-bond acceptors (Lipinski definition) is 4. The van der Waals surface area contributed by atoms with Crippen LogP contribution in [0.15, 0.2) is 63.0 Å². The Morgan fingerprint density at radius 3 is 2.67 bits per heavy atom. The molecule has 0 atom stereocenters. The summed E-state index contributed by atoms with van der Waals surface area (Å²) in [5, 5.41) is 1.59. The molecule has 2 heterocycles. The van der Waals surface area contributed by atoms with E-state index in [-0.39, 0.29) is 5.56 Å². The van der Waals surface area contributed by atoms with Gasteiger partial charge in [-0.15, -0.1) is 11.3 Å². The Kier molecular flexibility index (Phi) is 5.56. The number of thioether (sulfide) groups is 1. The van der Waals surface area contributed by atoms with Gasteiger partial charge in [-0.3, -0.25) is 9.36 Å². The van der Waals surface area contributed by atoms with E-state index in [9.17, 15) is 4.79 Å². The van der Waals surface area contributed by atoms with Gasteiger partial charge < -0.3 is 0 Å². The third kappa shape index (κ3) is 3.66. The van der Waals surface area contributed by atoms with Gasteiger partial charge in [0.25, 0.3) is 5.56 Å². The van der Waals surface area contributed by atoms with Gasteiger partial charge in [0.2, 0.25) is 0 Å². The number of halogens is 1. The summed E-state index contributed by atoms with van der Waals surface area (Å²) in [6.07, 6.45) is 4.41. The second kappa shape index (κ2) is 8.33. The molecule has 0 saturated heterocycles. The summed E-state index contributed by atoms with van der Waals surface area (Å²) in [6.45, 7) is 2.13. The first-order valence-electron chi connectivity index (χ1n) is 10.1. The van der Waals surface area contributed by atoms with Gasteiger partial charge in [-0.2, -0.15) is 0 Å². The van der Waals surface area contributed by atoms with Crippen LogP contribution in [0.1, 0.15) is 34.4 Å². The molecule has 2 aromatic heterocycles. The molecule has 0 unspecified atom stereocenters. The zero-order chi connectivity index (χ0) is 20.7. The van der Waals surface area contributed by atoms with Gasteiger partial charge in [-0.05, 0) is 73.6 Å². The molecule has 6 heteroatoms. The Balaban J connectivity index is 1.67. The highest BCUT2D eigenvalue weighted by molar-refractivity contribution is 9.10. The van der Waals surface area contributed by atoms with Crippen LogP contribution in [0.3, 0.4) is 0 Å². The number of hydrogen-bond donors (Lipinski definition) is 0. The number of rotatable bonds is 4. The van der Waals surface area contributed by atoms with Crippen LogP contribution < -0.4 is 5.56 Å². The van der Waals surface area contributed by atoms with Crippen LogP contribution in [0.5, 0.6) is 0 Å². The first-order chi connectivity index (χ1) is 14.6. The van der Waals surface area contributed by atoms with E-state index < -0.39 is 0 Å². The summed E-state index contributed by atoms with van der Waals surface area (Å²) in [6, 6.07) is 16.3. The number of thiophene rings is 1. The molecule has 0 fully saturated rings. The molecule has 5 rings (SSSR count). The molecule has 0 amide bonds. The van der Waals surface area contributed by atoms with Gasteiger partial charge in [0, 0.05) is 15.1 Å². The maximum absolute atomic E-state index is 13.8. The first kappa shape index (κ1) is 20.0. The summed E-state index contributed by atoms with van der Waals surface area (Å²) < 4.78 is 2.80. The molecule has 0 bridgehead atoms. The van der Waals surface area contributed by atoms with Gasteiger partial charge in [0.05, 0.1) is 11.1 Å². The summed E-state index contributed by atoms with van der Waals surface area (Å²) in [4.78, 5) is 21.0. The van der Waals surface area contributed by atoms with Crippen LogP contribution in [0.4, 0.5) is 0 Å². The summed E-state index contributed by atoms with van der Waals surface area (Å²) in [7, 11) is 0. The molecule has 3 nitrogen and oxygen atoms in total. The number of nitrogens with zero attached hydrogens (tertiary/aromatic N) is 2. The highest BCUT2D eigenvalue weighted by Crippen LogP contribution is 2.35. The van der Waals surface area contributed by atoms with Crippen molar-refractivity contribution in [2.45, 2.75) is 43.5 Å². The highest BCUT2D eigenvalue weighted by atomic mass is 79.9. The lowest BCUT2D eigenvalue weighted by Gasteiger charge is -2.14. The minimum atomic E-state index is 0.0639. The quantitative estimate of drug-likeness (QED) is 0.233. The van der Waals surface area contributed by atoms with Crippen molar-refractivity contribution >= 4 is 49.2 Å². The van der Waals surface area contributed by atoms with Crippen molar-refractivity contribution < 1.29 is 0 Å². The van der Waals surface area contributed by atoms with Crippen LogP contribution in [0, 0.1) is 6.92 Å². The van der Waals surface area contributed by atoms with Gasteiger partial charge in [-0.1, -0.05) is 52.0 Å². The molecule has 4 aromatic rings. The van der Waals surface area contributed by atoms with Gasteiger partial charge in [-0.25, -0.2) is 4.98 Å². The Hall–Kier alpha value is -1.89. The maximum Gasteiger partial charge on any atom is 0.267 e. The predicted octanol–water partition coefficient (Wildman–Crippen LogP) is 6.69. The first-order valence-corrected chi connectivity index (χ1v) is 12.7. The molecule has 2 aromatic carbocycles. The normalized spacial score (nSPS) is 13.5. The monoisotopic (exact) mass is 496 g/mol. The number of aromatic nitrogens is 2. The topological polar surface area (TPSA) is 34.9 Å². The molecular formula is C24H21BrN2OS2. The zero-order valence-electron chi connectivity index (χ0n) is 16.7. The zero-order valence-corrected chi connectivity index (χ0v) is 19.9. The van der Waals surface area contributed by atoms with Crippen LogP contribution in [0.25, 0.3) is 15.9 Å². The molecule has 0 spiro atoms. The van der Waals surface area contributed by atoms with Crippen LogP contribution in [-0.4, -0.2) is 9.55 Å². The standard InChI is InChI=1S/C24H21BrN2OS2/c1-15-6-2-3-7-16(15)14-29-24-26-22-21(19-8-4-5-9-20(19)30-22)23(28)27(24)18-12-10-17(25)11-13-18/h2-3,6-7,10-13H,4-5,8-9,14H2,1H3. The van der Waals surface area contributed by atoms with Gasteiger partial charge >= 0.3 is 0 Å². The average Bonchev–Trinajstić information content (AvgIpc) is 3.13. The summed E-state index contributed by atoms with van der Waals surface area (Å²) in [5.41, 5.74) is 4.69. The molecule has 0 N–H and O–H groups in total. The Morgan fingerprint density at radius 1 is 1.10 bits per heavy atom. The van der Waals surface area contributed by atoms with Crippen molar-refractivity contribution in [2.24, 2.45) is 0 Å². The van der Waals surface area contributed by atoms with Crippen molar-refractivity contribution in [1.29, 1.82) is 0 Å². The van der Waals surface area contributed by atoms with E-state index in [1.165, 1.54) is 28.0 Å². The smallest absolute Gasteiger partial charge is 0.267 e. The molecular weight excluding hydrogens is 476 g/mol. The lowest BCUT2D eigenvalue weighted by Crippen LogP contribution is -2.22. The minimum Gasteiger partial charge on any atom is -0.268 e. The van der Waals surface area contributed by atoms with Crippen LogP contribution >= 0.6 is 39.0 Å². The van der Waals surface area contributed by atoms with E-state index in [1.807, 2.05) is 24.3 Å². The predicted molar refractivity (Wildman–Crippen MR) is 130 cm³/mol. The highest BCUT2D eigenvalue weighted by Gasteiger charge is 2.23. The molecule has 0 aliphatic heterocycles. The van der Waals surface area contributed by atoms with Crippen LogP contribution in [0.2, 0.25) is 0 Å². The van der Waals surface area contributed by atoms with Crippen molar-refractivity contribution in [3.05, 3.63) is 84.9 Å². The molecule has 30 heavy (non-hydrogen) atoms. The van der Waals surface area contributed by atoms with Gasteiger partial charge in [0.15, 0.2) is 5.16 Å². The van der Waals surface area contributed by atoms with E-state index in [0.29, 0.717) is 0 Å². The molecule has 0 saturated carbocycles. The Morgan fingerprint density at radius 2 is 1.87 bits per heavy atom. The van der Waals surface area contributed by atoms with E-state index >= 15 is 0 Å². The fourth-order valence-electron chi connectivity index (χ4n) is 4.02. The van der Waals surface area contributed by atoms with Crippen molar-refractivity contribution in [3.8, 4) is 5.69 Å². The lowest BCUT2D eigenvalue weighted by molar-refractivity contribution is 0.699. The maximum atomic E-state index is 13.8. The van der Waals surface area contributed by atoms with Gasteiger partial charge in [0.1, 0.15) is 4.83 Å². The van der Waals surface area contributed by atoms with E-state index in [2.05, 4.69) is 47.1 Å². The van der Waals surface area contributed by atoms with Crippen molar-refractivity contribution in [1.82, 2.24) is 9.55 Å². The SMILES string of the molecule is Cc1ccccc1CSc1nc2sc3c(c2c(=O)n1-c1ccc(Br)cc1)CCCC3. The third-order valence-corrected chi connectivity index (χ3v) is 8.36. The minimum absolute atomic E-state index is 0.0639.